The van der Waals surface area contributed by atoms with Crippen molar-refractivity contribution in [3.05, 3.63) is 35.4 Å². The average Bonchev–Trinajstić information content (AvgIpc) is 2.52. The smallest absolute Gasteiger partial charge is 0.870 e. The second kappa shape index (κ2) is 9.90. The molecule has 0 spiro atoms. The summed E-state index contributed by atoms with van der Waals surface area (Å²) in [5.41, 5.74) is 2.37. The van der Waals surface area contributed by atoms with Crippen LogP contribution in [0.5, 0.6) is 0 Å². The summed E-state index contributed by atoms with van der Waals surface area (Å²) >= 11 is 0. The first kappa shape index (κ1) is 27.3. The van der Waals surface area contributed by atoms with Gasteiger partial charge in [-0.15, -0.1) is 0 Å². The Bertz CT molecular complexity index is 697. The Kier molecular flexibility index (Phi) is 9.67. The first-order valence-corrected chi connectivity index (χ1v) is 8.31. The molecular formula is C18H24F3KN2O4. The van der Waals surface area contributed by atoms with E-state index in [1.165, 1.54) is 23.1 Å². The number of piperidine rings is 1. The molecule has 2 rings (SSSR count). The van der Waals surface area contributed by atoms with Crippen LogP contribution < -0.4 is 57.1 Å². The van der Waals surface area contributed by atoms with Gasteiger partial charge >= 0.3 is 63.7 Å². The molecule has 0 saturated carbocycles. The largest absolute Gasteiger partial charge is 1.00 e. The van der Waals surface area contributed by atoms with E-state index >= 15 is 0 Å². The van der Waals surface area contributed by atoms with Crippen molar-refractivity contribution in [1.29, 1.82) is 0 Å². The van der Waals surface area contributed by atoms with E-state index in [9.17, 15) is 22.8 Å². The molecule has 28 heavy (non-hydrogen) atoms. The molecule has 0 bridgehead atoms. The van der Waals surface area contributed by atoms with Crippen molar-refractivity contribution in [3.8, 4) is 0 Å². The number of benzene rings is 1. The minimum absolute atomic E-state index is 0. The second-order valence-corrected chi connectivity index (χ2v) is 7.46. The maximum Gasteiger partial charge on any atom is 1.00 e. The first-order valence-electron chi connectivity index (χ1n) is 8.31. The van der Waals surface area contributed by atoms with Gasteiger partial charge in [-0.2, -0.15) is 13.2 Å². The van der Waals surface area contributed by atoms with Gasteiger partial charge in [-0.1, -0.05) is 18.2 Å². The second-order valence-electron chi connectivity index (χ2n) is 7.46. The van der Waals surface area contributed by atoms with Crippen LogP contribution in [-0.4, -0.2) is 41.1 Å². The van der Waals surface area contributed by atoms with Crippen molar-refractivity contribution in [2.45, 2.75) is 50.8 Å². The molecular weight excluding hydrogens is 404 g/mol. The van der Waals surface area contributed by atoms with E-state index in [0.29, 0.717) is 0 Å². The summed E-state index contributed by atoms with van der Waals surface area (Å²) in [7, 11) is 0. The number of rotatable bonds is 2. The molecule has 0 aromatic heterocycles. The maximum atomic E-state index is 13.4. The number of alkyl halides is 3. The van der Waals surface area contributed by atoms with E-state index in [-0.39, 0.29) is 88.4 Å². The van der Waals surface area contributed by atoms with Crippen LogP contribution in [0.1, 0.15) is 44.7 Å². The molecule has 2 amide bonds. The van der Waals surface area contributed by atoms with Crippen molar-refractivity contribution >= 4 is 12.0 Å². The predicted octanol–water partition coefficient (Wildman–Crippen LogP) is 0.287. The molecule has 3 N–H and O–H groups in total. The standard InChI is InChI=1S/C18H23F3N2O3.K.H2O/c1-16(2,3)26-15(25)23-10-8-17(9-11-23,14(22)24)12-6-4-5-7-13(12)18(19,20)21;;/h4-7H,8-11H2,1-3H3,(H2,22,24);;1H2/q;+1;/p-1. The van der Waals surface area contributed by atoms with Crippen LogP contribution in [0.2, 0.25) is 0 Å². The van der Waals surface area contributed by atoms with Crippen molar-refractivity contribution in [3.63, 3.8) is 0 Å². The van der Waals surface area contributed by atoms with Gasteiger partial charge in [-0.3, -0.25) is 4.79 Å². The number of likely N-dealkylation sites (tertiary alicyclic amines) is 1. The number of amides is 2. The van der Waals surface area contributed by atoms with Crippen molar-refractivity contribution in [2.75, 3.05) is 13.1 Å². The van der Waals surface area contributed by atoms with Crippen molar-refractivity contribution in [2.24, 2.45) is 5.73 Å². The van der Waals surface area contributed by atoms with E-state index in [2.05, 4.69) is 0 Å². The molecule has 152 valence electrons. The quantitative estimate of drug-likeness (QED) is 0.684. The third-order valence-corrected chi connectivity index (χ3v) is 4.49. The third kappa shape index (κ3) is 6.17. The fourth-order valence-corrected chi connectivity index (χ4v) is 3.19. The van der Waals surface area contributed by atoms with Crippen LogP contribution in [0, 0.1) is 0 Å². The zero-order valence-electron chi connectivity index (χ0n) is 16.5. The van der Waals surface area contributed by atoms with E-state index in [1.54, 1.807) is 20.8 Å². The molecule has 1 fully saturated rings. The molecule has 1 aliphatic rings. The summed E-state index contributed by atoms with van der Waals surface area (Å²) in [6.07, 6.45) is -5.13. The summed E-state index contributed by atoms with van der Waals surface area (Å²) in [5, 5.41) is 0. The average molecular weight is 428 g/mol. The molecule has 0 aliphatic carbocycles. The van der Waals surface area contributed by atoms with Gasteiger partial charge in [-0.25, -0.2) is 4.79 Å². The molecule has 10 heteroatoms. The van der Waals surface area contributed by atoms with Gasteiger partial charge in [0.05, 0.1) is 11.0 Å². The van der Waals surface area contributed by atoms with Gasteiger partial charge in [0.15, 0.2) is 0 Å². The Morgan fingerprint density at radius 3 is 2.04 bits per heavy atom. The zero-order valence-corrected chi connectivity index (χ0v) is 19.6. The number of hydrogen-bond acceptors (Lipinski definition) is 4. The van der Waals surface area contributed by atoms with Crippen LogP contribution >= 0.6 is 0 Å². The number of ether oxygens (including phenoxy) is 1. The SMILES string of the molecule is CC(C)(C)OC(=O)N1CCC(C(N)=O)(c2ccccc2C(F)(F)F)CC1.[K+].[OH-]. The van der Waals surface area contributed by atoms with E-state index in [4.69, 9.17) is 10.5 Å². The van der Waals surface area contributed by atoms with Crippen molar-refractivity contribution in [1.82, 2.24) is 4.90 Å². The first-order chi connectivity index (χ1) is 11.9. The van der Waals surface area contributed by atoms with Crippen LogP contribution in [-0.2, 0) is 21.1 Å². The summed E-state index contributed by atoms with van der Waals surface area (Å²) in [6, 6.07) is 4.96. The Morgan fingerprint density at radius 2 is 1.61 bits per heavy atom. The minimum Gasteiger partial charge on any atom is -0.870 e. The maximum absolute atomic E-state index is 13.4. The molecule has 1 saturated heterocycles. The molecule has 1 heterocycles. The number of nitrogens with zero attached hydrogens (tertiary/aromatic N) is 1. The Balaban J connectivity index is 0.00000364. The topological polar surface area (TPSA) is 103 Å². The van der Waals surface area contributed by atoms with E-state index in [0.717, 1.165) is 6.07 Å². The zero-order chi connectivity index (χ0) is 19.8. The Morgan fingerprint density at radius 1 is 1.11 bits per heavy atom. The molecule has 0 radical (unpaired) electrons. The van der Waals surface area contributed by atoms with Crippen LogP contribution in [0.15, 0.2) is 24.3 Å². The fourth-order valence-electron chi connectivity index (χ4n) is 3.19. The van der Waals surface area contributed by atoms with E-state index < -0.39 is 34.8 Å². The fraction of sp³-hybridized carbons (Fsp3) is 0.556. The molecule has 1 aromatic carbocycles. The number of nitrogens with two attached hydrogens (primary N) is 1. The summed E-state index contributed by atoms with van der Waals surface area (Å²) in [6.45, 7) is 5.35. The number of carbonyl (C=O) groups is 2. The normalized spacial score (nSPS) is 16.4. The van der Waals surface area contributed by atoms with Gasteiger partial charge < -0.3 is 20.8 Å². The molecule has 1 aliphatic heterocycles. The Hall–Kier alpha value is -0.654. The van der Waals surface area contributed by atoms with Crippen LogP contribution in [0.4, 0.5) is 18.0 Å². The summed E-state index contributed by atoms with van der Waals surface area (Å²) in [5.74, 6) is -0.821. The number of primary amides is 1. The van der Waals surface area contributed by atoms with Gasteiger partial charge in [0, 0.05) is 13.1 Å². The predicted molar refractivity (Wildman–Crippen MR) is 91.3 cm³/mol. The third-order valence-electron chi connectivity index (χ3n) is 4.49. The monoisotopic (exact) mass is 428 g/mol. The summed E-state index contributed by atoms with van der Waals surface area (Å²) < 4.78 is 45.5. The molecule has 6 nitrogen and oxygen atoms in total. The number of carbonyl (C=O) groups excluding carboxylic acids is 2. The number of hydrogen-bond donors (Lipinski definition) is 1. The van der Waals surface area contributed by atoms with Gasteiger partial charge in [-0.05, 0) is 45.2 Å². The minimum atomic E-state index is -4.60. The van der Waals surface area contributed by atoms with Crippen LogP contribution in [0.3, 0.4) is 0 Å². The van der Waals surface area contributed by atoms with E-state index in [1.807, 2.05) is 0 Å². The van der Waals surface area contributed by atoms with Crippen LogP contribution in [0.25, 0.3) is 0 Å². The van der Waals surface area contributed by atoms with Crippen molar-refractivity contribution < 1.29 is 84.4 Å². The number of halogens is 3. The van der Waals surface area contributed by atoms with Gasteiger partial charge in [0.25, 0.3) is 0 Å². The Labute approximate surface area is 204 Å². The molecule has 0 atom stereocenters. The molecule has 0 unspecified atom stereocenters. The molecule has 1 aromatic rings. The van der Waals surface area contributed by atoms with Gasteiger partial charge in [0.1, 0.15) is 5.60 Å². The summed E-state index contributed by atoms with van der Waals surface area (Å²) in [4.78, 5) is 25.7. The van der Waals surface area contributed by atoms with Gasteiger partial charge in [0.2, 0.25) is 5.91 Å².